The van der Waals surface area contributed by atoms with Gasteiger partial charge in [0.2, 0.25) is 0 Å². The molecule has 1 heterocycles. The van der Waals surface area contributed by atoms with Gasteiger partial charge in [-0.2, -0.15) is 0 Å². The van der Waals surface area contributed by atoms with Crippen LogP contribution >= 0.6 is 0 Å². The zero-order valence-electron chi connectivity index (χ0n) is 6.92. The van der Waals surface area contributed by atoms with Gasteiger partial charge in [-0.15, -0.1) is 0 Å². The normalized spacial score (nSPS) is 27.2. The molecule has 2 rings (SSSR count). The number of rotatable bonds is 1. The SMILES string of the molecule is NN1C(=O)[C@@H](O)[C@H]1c1ccccc1. The van der Waals surface area contributed by atoms with E-state index in [0.29, 0.717) is 0 Å². The van der Waals surface area contributed by atoms with Crippen molar-refractivity contribution >= 4 is 5.91 Å². The van der Waals surface area contributed by atoms with Crippen LogP contribution in [-0.4, -0.2) is 22.1 Å². The summed E-state index contributed by atoms with van der Waals surface area (Å²) in [5.41, 5.74) is 0.858. The van der Waals surface area contributed by atoms with Crippen molar-refractivity contribution in [1.82, 2.24) is 5.01 Å². The standard InChI is InChI=1S/C9H10N2O2/c10-11-7(8(12)9(11)13)6-4-2-1-3-5-6/h1-5,7-8,12H,10H2/t7-,8+/m1/s1. The Kier molecular flexibility index (Phi) is 1.79. The molecule has 4 nitrogen and oxygen atoms in total. The quantitative estimate of drug-likeness (QED) is 0.355. The smallest absolute Gasteiger partial charge is 0.268 e. The van der Waals surface area contributed by atoms with Crippen molar-refractivity contribution in [2.24, 2.45) is 5.84 Å². The van der Waals surface area contributed by atoms with Crippen molar-refractivity contribution in [1.29, 1.82) is 0 Å². The van der Waals surface area contributed by atoms with Gasteiger partial charge in [0, 0.05) is 0 Å². The zero-order chi connectivity index (χ0) is 9.42. The van der Waals surface area contributed by atoms with E-state index in [4.69, 9.17) is 5.84 Å². The molecule has 0 aromatic heterocycles. The predicted molar refractivity (Wildman–Crippen MR) is 46.2 cm³/mol. The summed E-state index contributed by atoms with van der Waals surface area (Å²) in [5, 5.41) is 10.4. The van der Waals surface area contributed by atoms with Gasteiger partial charge in [0.1, 0.15) is 6.04 Å². The van der Waals surface area contributed by atoms with Crippen LogP contribution in [-0.2, 0) is 4.79 Å². The lowest BCUT2D eigenvalue weighted by atomic mass is 9.93. The van der Waals surface area contributed by atoms with Gasteiger partial charge in [-0.3, -0.25) is 9.80 Å². The van der Waals surface area contributed by atoms with Crippen molar-refractivity contribution in [3.05, 3.63) is 35.9 Å². The van der Waals surface area contributed by atoms with E-state index in [-0.39, 0.29) is 6.04 Å². The highest BCUT2D eigenvalue weighted by molar-refractivity contribution is 5.87. The average Bonchev–Trinajstić information content (AvgIpc) is 2.19. The van der Waals surface area contributed by atoms with E-state index in [1.165, 1.54) is 0 Å². The molecule has 0 unspecified atom stereocenters. The third-order valence-corrected chi connectivity index (χ3v) is 2.25. The van der Waals surface area contributed by atoms with Crippen LogP contribution < -0.4 is 5.84 Å². The van der Waals surface area contributed by atoms with Crippen molar-refractivity contribution in [3.8, 4) is 0 Å². The van der Waals surface area contributed by atoms with Gasteiger partial charge in [-0.05, 0) is 5.56 Å². The molecule has 4 heteroatoms. The van der Waals surface area contributed by atoms with Gasteiger partial charge >= 0.3 is 0 Å². The molecule has 1 aliphatic rings. The molecule has 0 spiro atoms. The molecule has 3 N–H and O–H groups in total. The first kappa shape index (κ1) is 8.22. The number of nitrogens with zero attached hydrogens (tertiary/aromatic N) is 1. The molecule has 68 valence electrons. The maximum absolute atomic E-state index is 10.9. The lowest BCUT2D eigenvalue weighted by molar-refractivity contribution is -0.167. The van der Waals surface area contributed by atoms with Crippen molar-refractivity contribution in [3.63, 3.8) is 0 Å². The van der Waals surface area contributed by atoms with Crippen molar-refractivity contribution in [2.45, 2.75) is 12.1 Å². The summed E-state index contributed by atoms with van der Waals surface area (Å²) in [6.45, 7) is 0. The predicted octanol–water partition coefficient (Wildman–Crippen LogP) is -0.196. The minimum absolute atomic E-state index is 0.381. The number of benzene rings is 1. The second-order valence-corrected chi connectivity index (χ2v) is 3.05. The summed E-state index contributed by atoms with van der Waals surface area (Å²) < 4.78 is 0. The minimum Gasteiger partial charge on any atom is -0.381 e. The second-order valence-electron chi connectivity index (χ2n) is 3.05. The monoisotopic (exact) mass is 178 g/mol. The first-order valence-corrected chi connectivity index (χ1v) is 4.02. The molecule has 0 aliphatic carbocycles. The molecule has 13 heavy (non-hydrogen) atoms. The van der Waals surface area contributed by atoms with Gasteiger partial charge < -0.3 is 5.11 Å². The lowest BCUT2D eigenvalue weighted by Gasteiger charge is -2.41. The minimum atomic E-state index is -0.979. The first-order valence-electron chi connectivity index (χ1n) is 4.02. The maximum atomic E-state index is 10.9. The Balaban J connectivity index is 2.25. The van der Waals surface area contributed by atoms with Crippen LogP contribution in [0.4, 0.5) is 0 Å². The molecule has 1 aliphatic heterocycles. The fourth-order valence-corrected chi connectivity index (χ4v) is 1.49. The third-order valence-electron chi connectivity index (χ3n) is 2.25. The summed E-state index contributed by atoms with van der Waals surface area (Å²) >= 11 is 0. The number of carbonyl (C=O) groups excluding carboxylic acids is 1. The van der Waals surface area contributed by atoms with E-state index in [1.54, 1.807) is 0 Å². The zero-order valence-corrected chi connectivity index (χ0v) is 6.92. The number of aliphatic hydroxyl groups excluding tert-OH is 1. The summed E-state index contributed by atoms with van der Waals surface area (Å²) in [5.74, 6) is 4.99. The number of carbonyl (C=O) groups is 1. The molecule has 1 aromatic rings. The number of hydrogen-bond acceptors (Lipinski definition) is 3. The highest BCUT2D eigenvalue weighted by Crippen LogP contribution is 2.31. The summed E-state index contributed by atoms with van der Waals surface area (Å²) in [4.78, 5) is 10.9. The molecule has 1 amide bonds. The van der Waals surface area contributed by atoms with E-state index in [2.05, 4.69) is 0 Å². The third kappa shape index (κ3) is 1.11. The number of aliphatic hydroxyl groups is 1. The maximum Gasteiger partial charge on any atom is 0.268 e. The Bertz CT molecular complexity index is 314. The Morgan fingerprint density at radius 2 is 1.92 bits per heavy atom. The Hall–Kier alpha value is -1.39. The lowest BCUT2D eigenvalue weighted by Crippen LogP contribution is -2.61. The molecule has 0 bridgehead atoms. The van der Waals surface area contributed by atoms with Crippen LogP contribution in [0, 0.1) is 0 Å². The highest BCUT2D eigenvalue weighted by atomic mass is 16.3. The fourth-order valence-electron chi connectivity index (χ4n) is 1.49. The van der Waals surface area contributed by atoms with Gasteiger partial charge in [0.25, 0.3) is 5.91 Å². The molecule has 1 aromatic carbocycles. The molecular weight excluding hydrogens is 168 g/mol. The van der Waals surface area contributed by atoms with Crippen LogP contribution in [0.5, 0.6) is 0 Å². The van der Waals surface area contributed by atoms with E-state index < -0.39 is 12.0 Å². The molecule has 0 radical (unpaired) electrons. The molecule has 1 fully saturated rings. The van der Waals surface area contributed by atoms with Gasteiger partial charge in [0.15, 0.2) is 6.10 Å². The Labute approximate surface area is 75.5 Å². The summed E-state index contributed by atoms with van der Waals surface area (Å²) in [7, 11) is 0. The number of hydrogen-bond donors (Lipinski definition) is 2. The fraction of sp³-hybridized carbons (Fsp3) is 0.222. The Morgan fingerprint density at radius 3 is 2.46 bits per heavy atom. The van der Waals surface area contributed by atoms with Crippen molar-refractivity contribution in [2.75, 3.05) is 0 Å². The van der Waals surface area contributed by atoms with E-state index >= 15 is 0 Å². The first-order chi connectivity index (χ1) is 6.22. The van der Waals surface area contributed by atoms with E-state index in [0.717, 1.165) is 10.6 Å². The van der Waals surface area contributed by atoms with E-state index in [1.807, 2.05) is 30.3 Å². The number of hydrazine groups is 1. The largest absolute Gasteiger partial charge is 0.381 e. The van der Waals surface area contributed by atoms with Gasteiger partial charge in [-0.25, -0.2) is 5.84 Å². The second kappa shape index (κ2) is 2.83. The van der Waals surface area contributed by atoms with Crippen LogP contribution in [0.15, 0.2) is 30.3 Å². The van der Waals surface area contributed by atoms with Gasteiger partial charge in [-0.1, -0.05) is 30.3 Å². The summed E-state index contributed by atoms with van der Waals surface area (Å²) in [6, 6.07) is 8.85. The topological polar surface area (TPSA) is 66.6 Å². The molecule has 2 atom stereocenters. The molecule has 0 saturated carbocycles. The van der Waals surface area contributed by atoms with Crippen molar-refractivity contribution < 1.29 is 9.90 Å². The van der Waals surface area contributed by atoms with E-state index in [9.17, 15) is 9.90 Å². The van der Waals surface area contributed by atoms with Crippen LogP contribution in [0.3, 0.4) is 0 Å². The highest BCUT2D eigenvalue weighted by Gasteiger charge is 2.45. The van der Waals surface area contributed by atoms with Gasteiger partial charge in [0.05, 0.1) is 0 Å². The average molecular weight is 178 g/mol. The van der Waals surface area contributed by atoms with Crippen LogP contribution in [0.25, 0.3) is 0 Å². The number of β-lactam (4-membered cyclic amide) rings is 1. The summed E-state index contributed by atoms with van der Waals surface area (Å²) in [6.07, 6.45) is -0.979. The van der Waals surface area contributed by atoms with Crippen LogP contribution in [0.2, 0.25) is 0 Å². The number of amides is 1. The number of nitrogens with two attached hydrogens (primary N) is 1. The molecule has 1 saturated heterocycles. The molecular formula is C9H10N2O2. The van der Waals surface area contributed by atoms with Crippen LogP contribution in [0.1, 0.15) is 11.6 Å². The Morgan fingerprint density at radius 1 is 1.31 bits per heavy atom.